The molecule has 0 fully saturated rings. The van der Waals surface area contributed by atoms with Crippen LogP contribution < -0.4 is 9.47 Å². The number of phenolic OH excluding ortho intramolecular Hbond substituents is 2. The van der Waals surface area contributed by atoms with E-state index in [4.69, 9.17) is 9.47 Å². The van der Waals surface area contributed by atoms with Crippen molar-refractivity contribution in [3.63, 3.8) is 0 Å². The number of phenols is 2. The van der Waals surface area contributed by atoms with Crippen LogP contribution in [-0.4, -0.2) is 10.2 Å². The van der Waals surface area contributed by atoms with E-state index < -0.39 is 5.41 Å². The summed E-state index contributed by atoms with van der Waals surface area (Å²) >= 11 is 0. The Morgan fingerprint density at radius 3 is 1.16 bits per heavy atom. The fourth-order valence-electron chi connectivity index (χ4n) is 7.39. The summed E-state index contributed by atoms with van der Waals surface area (Å²) < 4.78 is 12.7. The van der Waals surface area contributed by atoms with Gasteiger partial charge in [0.2, 0.25) is 0 Å². The van der Waals surface area contributed by atoms with Gasteiger partial charge in [0, 0.05) is 0 Å². The fourth-order valence-corrected chi connectivity index (χ4v) is 7.39. The first-order chi connectivity index (χ1) is 24.0. The molecule has 8 aromatic carbocycles. The van der Waals surface area contributed by atoms with Gasteiger partial charge in [0.05, 0.1) is 5.41 Å². The highest BCUT2D eigenvalue weighted by molar-refractivity contribution is 5.87. The first-order valence-corrected chi connectivity index (χ1v) is 16.3. The molecule has 1 aliphatic carbocycles. The van der Waals surface area contributed by atoms with Crippen molar-refractivity contribution in [1.82, 2.24) is 0 Å². The minimum Gasteiger partial charge on any atom is -0.508 e. The Balaban J connectivity index is 1.10. The van der Waals surface area contributed by atoms with Crippen molar-refractivity contribution >= 4 is 21.5 Å². The van der Waals surface area contributed by atoms with Crippen LogP contribution in [0, 0.1) is 0 Å². The largest absolute Gasteiger partial charge is 0.508 e. The van der Waals surface area contributed by atoms with Crippen LogP contribution in [0.15, 0.2) is 170 Å². The molecule has 8 aromatic rings. The minimum atomic E-state index is -0.555. The van der Waals surface area contributed by atoms with Gasteiger partial charge in [-0.2, -0.15) is 0 Å². The van der Waals surface area contributed by atoms with Crippen molar-refractivity contribution in [1.29, 1.82) is 0 Å². The molecule has 9 rings (SSSR count). The highest BCUT2D eigenvalue weighted by atomic mass is 16.5. The van der Waals surface area contributed by atoms with Crippen molar-refractivity contribution in [2.45, 2.75) is 5.41 Å². The van der Waals surface area contributed by atoms with Gasteiger partial charge < -0.3 is 19.7 Å². The third-order valence-corrected chi connectivity index (χ3v) is 9.59. The molecule has 4 heteroatoms. The molecular formula is C45H30O4. The van der Waals surface area contributed by atoms with Crippen molar-refractivity contribution < 1.29 is 19.7 Å². The van der Waals surface area contributed by atoms with Gasteiger partial charge in [0.1, 0.15) is 34.5 Å². The third kappa shape index (κ3) is 4.85. The topological polar surface area (TPSA) is 58.9 Å². The summed E-state index contributed by atoms with van der Waals surface area (Å²) in [6.45, 7) is 0. The van der Waals surface area contributed by atoms with E-state index in [1.807, 2.05) is 72.8 Å². The Kier molecular flexibility index (Phi) is 6.63. The average Bonchev–Trinajstić information content (AvgIpc) is 3.43. The number of rotatable bonds is 6. The molecule has 0 radical (unpaired) electrons. The maximum absolute atomic E-state index is 9.84. The summed E-state index contributed by atoms with van der Waals surface area (Å²) in [4.78, 5) is 0. The zero-order chi connectivity index (χ0) is 33.0. The second-order valence-corrected chi connectivity index (χ2v) is 12.5. The molecule has 0 atom stereocenters. The van der Waals surface area contributed by atoms with Crippen LogP contribution in [0.3, 0.4) is 0 Å². The Hall–Kier alpha value is -6.52. The Labute approximate surface area is 283 Å². The highest BCUT2D eigenvalue weighted by Gasteiger charge is 2.45. The van der Waals surface area contributed by atoms with E-state index in [1.165, 1.54) is 22.3 Å². The van der Waals surface area contributed by atoms with Crippen LogP contribution >= 0.6 is 0 Å². The van der Waals surface area contributed by atoms with Crippen LogP contribution in [0.5, 0.6) is 34.5 Å². The average molecular weight is 635 g/mol. The molecule has 4 nitrogen and oxygen atoms in total. The van der Waals surface area contributed by atoms with Crippen LogP contribution in [0.4, 0.5) is 0 Å². The summed E-state index contributed by atoms with van der Waals surface area (Å²) in [7, 11) is 0. The third-order valence-electron chi connectivity index (χ3n) is 9.59. The highest BCUT2D eigenvalue weighted by Crippen LogP contribution is 2.56. The smallest absolute Gasteiger partial charge is 0.128 e. The lowest BCUT2D eigenvalue weighted by atomic mass is 9.68. The fraction of sp³-hybridized carbons (Fsp3) is 0.0222. The SMILES string of the molecule is Oc1ccc2cc(Oc3ccc(C4(c5ccc(Oc6ccc7cc(O)ccc7c6)cc5)c5ccccc5-c5ccccc54)cc3)ccc2c1. The van der Waals surface area contributed by atoms with Crippen molar-refractivity contribution in [2.24, 2.45) is 0 Å². The van der Waals surface area contributed by atoms with E-state index in [1.54, 1.807) is 24.3 Å². The Bertz CT molecular complexity index is 2340. The normalized spacial score (nSPS) is 12.8. The molecule has 0 aliphatic heterocycles. The van der Waals surface area contributed by atoms with Crippen molar-refractivity contribution in [2.75, 3.05) is 0 Å². The standard InChI is InChI=1S/C45H30O4/c46-35-17-9-31-27-39(19-11-29(31)25-35)48-37-21-13-33(14-22-37)45(43-7-3-1-5-41(43)42-6-2-4-8-44(42)45)34-15-23-38(24-16-34)49-40-20-12-30-26-36(47)18-10-32(30)28-40/h1-28,46-47H. The summed E-state index contributed by atoms with van der Waals surface area (Å²) in [5, 5.41) is 23.6. The first-order valence-electron chi connectivity index (χ1n) is 16.3. The Morgan fingerprint density at radius 1 is 0.347 bits per heavy atom. The molecular weight excluding hydrogens is 604 g/mol. The molecule has 0 heterocycles. The maximum atomic E-state index is 9.84. The molecule has 2 N–H and O–H groups in total. The van der Waals surface area contributed by atoms with Gasteiger partial charge >= 0.3 is 0 Å². The predicted octanol–water partition coefficient (Wildman–Crippen LogP) is 11.4. The molecule has 0 bridgehead atoms. The minimum absolute atomic E-state index is 0.246. The lowest BCUT2D eigenvalue weighted by Gasteiger charge is -2.34. The molecule has 49 heavy (non-hydrogen) atoms. The van der Waals surface area contributed by atoms with E-state index in [0.29, 0.717) is 0 Å². The monoisotopic (exact) mass is 634 g/mol. The second-order valence-electron chi connectivity index (χ2n) is 12.5. The number of hydrogen-bond acceptors (Lipinski definition) is 4. The van der Waals surface area contributed by atoms with Crippen molar-refractivity contribution in [3.05, 3.63) is 192 Å². The molecule has 234 valence electrons. The number of aromatic hydroxyl groups is 2. The number of benzene rings is 8. The Morgan fingerprint density at radius 2 is 0.714 bits per heavy atom. The van der Waals surface area contributed by atoms with Gasteiger partial charge in [-0.25, -0.2) is 0 Å². The van der Waals surface area contributed by atoms with E-state index in [-0.39, 0.29) is 11.5 Å². The van der Waals surface area contributed by atoms with Crippen LogP contribution in [0.2, 0.25) is 0 Å². The maximum Gasteiger partial charge on any atom is 0.128 e. The van der Waals surface area contributed by atoms with Crippen LogP contribution in [0.25, 0.3) is 32.7 Å². The molecule has 0 saturated carbocycles. The van der Waals surface area contributed by atoms with Crippen LogP contribution in [0.1, 0.15) is 22.3 Å². The van der Waals surface area contributed by atoms with Gasteiger partial charge in [-0.15, -0.1) is 0 Å². The summed E-state index contributed by atoms with van der Waals surface area (Å²) in [6.07, 6.45) is 0. The van der Waals surface area contributed by atoms with Gasteiger partial charge in [-0.1, -0.05) is 97.1 Å². The van der Waals surface area contributed by atoms with Gasteiger partial charge in [0.25, 0.3) is 0 Å². The van der Waals surface area contributed by atoms with Crippen LogP contribution in [-0.2, 0) is 5.41 Å². The van der Waals surface area contributed by atoms with Gasteiger partial charge in [0.15, 0.2) is 0 Å². The number of fused-ring (bicyclic) bond motifs is 5. The van der Waals surface area contributed by atoms with E-state index in [0.717, 1.165) is 55.7 Å². The molecule has 1 aliphatic rings. The number of hydrogen-bond donors (Lipinski definition) is 2. The van der Waals surface area contributed by atoms with Gasteiger partial charge in [-0.05, 0) is 128 Å². The quantitative estimate of drug-likeness (QED) is 0.191. The van der Waals surface area contributed by atoms with E-state index in [9.17, 15) is 10.2 Å². The molecule has 0 aromatic heterocycles. The summed E-state index contributed by atoms with van der Waals surface area (Å²) in [5.74, 6) is 3.44. The summed E-state index contributed by atoms with van der Waals surface area (Å²) in [6, 6.07) is 56.6. The lowest BCUT2D eigenvalue weighted by molar-refractivity contribution is 0.475. The second kappa shape index (κ2) is 11.3. The van der Waals surface area contributed by atoms with Crippen molar-refractivity contribution in [3.8, 4) is 45.6 Å². The first kappa shape index (κ1) is 28.7. The predicted molar refractivity (Wildman–Crippen MR) is 195 cm³/mol. The van der Waals surface area contributed by atoms with E-state index >= 15 is 0 Å². The molecule has 0 saturated heterocycles. The molecule has 0 unspecified atom stereocenters. The van der Waals surface area contributed by atoms with Gasteiger partial charge in [-0.3, -0.25) is 0 Å². The lowest BCUT2D eigenvalue weighted by Crippen LogP contribution is -2.28. The molecule has 0 amide bonds. The summed E-state index contributed by atoms with van der Waals surface area (Å²) in [5.41, 5.74) is 6.63. The zero-order valence-electron chi connectivity index (χ0n) is 26.4. The van der Waals surface area contributed by atoms with E-state index in [2.05, 4.69) is 72.8 Å². The zero-order valence-corrected chi connectivity index (χ0v) is 26.4. The number of ether oxygens (including phenoxy) is 2. The molecule has 0 spiro atoms.